The molecule has 1 aromatic rings. The maximum absolute atomic E-state index is 3.53. The number of hydrogen-bond acceptors (Lipinski definition) is 3. The van der Waals surface area contributed by atoms with Crippen LogP contribution in [0.4, 0.5) is 0 Å². The molecule has 1 rings (SSSR count). The summed E-state index contributed by atoms with van der Waals surface area (Å²) in [5, 5.41) is 5.68. The zero-order chi connectivity index (χ0) is 12.7. The van der Waals surface area contributed by atoms with Crippen LogP contribution in [-0.2, 0) is 6.42 Å². The zero-order valence-corrected chi connectivity index (χ0v) is 12.4. The van der Waals surface area contributed by atoms with E-state index in [1.165, 1.54) is 4.88 Å². The van der Waals surface area contributed by atoms with Crippen LogP contribution < -0.4 is 5.32 Å². The number of rotatable bonds is 8. The molecule has 0 aliphatic carbocycles. The van der Waals surface area contributed by atoms with E-state index in [1.807, 2.05) is 11.3 Å². The van der Waals surface area contributed by atoms with E-state index >= 15 is 0 Å². The molecule has 3 heteroatoms. The molecule has 17 heavy (non-hydrogen) atoms. The summed E-state index contributed by atoms with van der Waals surface area (Å²) in [6, 6.07) is 5.60. The van der Waals surface area contributed by atoms with Crippen LogP contribution in [-0.4, -0.2) is 36.6 Å². The van der Waals surface area contributed by atoms with Gasteiger partial charge < -0.3 is 5.32 Å². The van der Waals surface area contributed by atoms with Crippen LogP contribution in [0.3, 0.4) is 0 Å². The Kier molecular flexibility index (Phi) is 6.78. The number of nitrogens with one attached hydrogen (secondary N) is 1. The van der Waals surface area contributed by atoms with Gasteiger partial charge in [0.2, 0.25) is 0 Å². The molecule has 0 spiro atoms. The Balaban J connectivity index is 2.10. The molecule has 0 aliphatic heterocycles. The van der Waals surface area contributed by atoms with Crippen LogP contribution in [0.25, 0.3) is 0 Å². The fourth-order valence-electron chi connectivity index (χ4n) is 2.11. The van der Waals surface area contributed by atoms with Gasteiger partial charge in [-0.25, -0.2) is 0 Å². The second kappa shape index (κ2) is 7.85. The van der Waals surface area contributed by atoms with Crippen molar-refractivity contribution in [3.05, 3.63) is 22.4 Å². The van der Waals surface area contributed by atoms with Crippen molar-refractivity contribution in [2.45, 2.75) is 46.2 Å². The van der Waals surface area contributed by atoms with Crippen molar-refractivity contribution >= 4 is 11.3 Å². The van der Waals surface area contributed by atoms with Crippen molar-refractivity contribution in [2.24, 2.45) is 0 Å². The molecule has 0 fully saturated rings. The average Bonchev–Trinajstić information content (AvgIpc) is 2.74. The Hall–Kier alpha value is -0.380. The van der Waals surface area contributed by atoms with E-state index in [0.717, 1.165) is 26.1 Å². The normalized spacial score (nSPS) is 11.9. The standard InChI is InChI=1S/C14H26N2S/c1-12(2)16(13(3)4)10-9-15-8-7-14-6-5-11-17-14/h5-6,11-13,15H,7-10H2,1-4H3. The molecule has 2 nitrogen and oxygen atoms in total. The number of nitrogens with zero attached hydrogens (tertiary/aromatic N) is 1. The highest BCUT2D eigenvalue weighted by molar-refractivity contribution is 7.09. The van der Waals surface area contributed by atoms with Gasteiger partial charge >= 0.3 is 0 Å². The Labute approximate surface area is 110 Å². The third-order valence-corrected chi connectivity index (χ3v) is 3.94. The van der Waals surface area contributed by atoms with Crippen LogP contribution >= 0.6 is 11.3 Å². The van der Waals surface area contributed by atoms with Crippen LogP contribution in [0, 0.1) is 0 Å². The quantitative estimate of drug-likeness (QED) is 0.718. The van der Waals surface area contributed by atoms with Crippen LogP contribution in [0.15, 0.2) is 17.5 Å². The van der Waals surface area contributed by atoms with Crippen molar-refractivity contribution < 1.29 is 0 Å². The summed E-state index contributed by atoms with van der Waals surface area (Å²) in [6.07, 6.45) is 1.15. The third kappa shape index (κ3) is 5.66. The molecule has 0 amide bonds. The smallest absolute Gasteiger partial charge is 0.0112 e. The van der Waals surface area contributed by atoms with Gasteiger partial charge in [-0.05, 0) is 45.6 Å². The van der Waals surface area contributed by atoms with Crippen molar-refractivity contribution in [2.75, 3.05) is 19.6 Å². The number of thiophene rings is 1. The first-order chi connectivity index (χ1) is 8.11. The molecule has 1 heterocycles. The lowest BCUT2D eigenvalue weighted by molar-refractivity contribution is 0.176. The monoisotopic (exact) mass is 254 g/mol. The summed E-state index contributed by atoms with van der Waals surface area (Å²) < 4.78 is 0. The van der Waals surface area contributed by atoms with Gasteiger partial charge in [-0.3, -0.25) is 4.90 Å². The van der Waals surface area contributed by atoms with E-state index in [1.54, 1.807) is 0 Å². The summed E-state index contributed by atoms with van der Waals surface area (Å²) >= 11 is 1.85. The molecule has 98 valence electrons. The fourth-order valence-corrected chi connectivity index (χ4v) is 2.82. The molecule has 1 aromatic heterocycles. The van der Waals surface area contributed by atoms with Gasteiger partial charge in [0.05, 0.1) is 0 Å². The van der Waals surface area contributed by atoms with Crippen LogP contribution in [0.2, 0.25) is 0 Å². The Morgan fingerprint density at radius 2 is 1.88 bits per heavy atom. The summed E-state index contributed by atoms with van der Waals surface area (Å²) in [7, 11) is 0. The second-order valence-corrected chi connectivity index (χ2v) is 6.04. The molecular weight excluding hydrogens is 228 g/mol. The largest absolute Gasteiger partial charge is 0.315 e. The molecule has 1 N–H and O–H groups in total. The van der Waals surface area contributed by atoms with Crippen molar-refractivity contribution in [3.8, 4) is 0 Å². The molecular formula is C14H26N2S. The molecule has 0 bridgehead atoms. The van der Waals surface area contributed by atoms with Gasteiger partial charge in [-0.1, -0.05) is 6.07 Å². The molecule has 0 saturated heterocycles. The highest BCUT2D eigenvalue weighted by Crippen LogP contribution is 2.08. The van der Waals surface area contributed by atoms with Gasteiger partial charge in [-0.2, -0.15) is 0 Å². The summed E-state index contributed by atoms with van der Waals surface area (Å²) in [5.41, 5.74) is 0. The summed E-state index contributed by atoms with van der Waals surface area (Å²) in [4.78, 5) is 4.00. The van der Waals surface area contributed by atoms with E-state index in [-0.39, 0.29) is 0 Å². The molecule has 0 aromatic carbocycles. The summed E-state index contributed by atoms with van der Waals surface area (Å²) in [6.45, 7) is 12.4. The maximum Gasteiger partial charge on any atom is 0.0112 e. The lowest BCUT2D eigenvalue weighted by Crippen LogP contribution is -2.41. The predicted molar refractivity (Wildman–Crippen MR) is 77.9 cm³/mol. The molecule has 0 radical (unpaired) electrons. The minimum absolute atomic E-state index is 0.633. The molecule has 0 saturated carbocycles. The summed E-state index contributed by atoms with van der Waals surface area (Å²) in [5.74, 6) is 0. The highest BCUT2D eigenvalue weighted by atomic mass is 32.1. The zero-order valence-electron chi connectivity index (χ0n) is 11.6. The van der Waals surface area contributed by atoms with E-state index in [9.17, 15) is 0 Å². The Morgan fingerprint density at radius 3 is 2.41 bits per heavy atom. The van der Waals surface area contributed by atoms with Gasteiger partial charge in [0, 0.05) is 36.6 Å². The minimum Gasteiger partial charge on any atom is -0.315 e. The van der Waals surface area contributed by atoms with Crippen molar-refractivity contribution in [3.63, 3.8) is 0 Å². The van der Waals surface area contributed by atoms with Gasteiger partial charge in [0.1, 0.15) is 0 Å². The van der Waals surface area contributed by atoms with Gasteiger partial charge in [0.15, 0.2) is 0 Å². The third-order valence-electron chi connectivity index (χ3n) is 3.00. The lowest BCUT2D eigenvalue weighted by atomic mass is 10.2. The van der Waals surface area contributed by atoms with Gasteiger partial charge in [0.25, 0.3) is 0 Å². The first kappa shape index (κ1) is 14.7. The first-order valence-electron chi connectivity index (χ1n) is 6.60. The predicted octanol–water partition coefficient (Wildman–Crippen LogP) is 3.00. The first-order valence-corrected chi connectivity index (χ1v) is 7.48. The lowest BCUT2D eigenvalue weighted by Gasteiger charge is -2.30. The van der Waals surface area contributed by atoms with Crippen LogP contribution in [0.1, 0.15) is 32.6 Å². The van der Waals surface area contributed by atoms with Crippen LogP contribution in [0.5, 0.6) is 0 Å². The second-order valence-electron chi connectivity index (χ2n) is 5.00. The van der Waals surface area contributed by atoms with E-state index in [0.29, 0.717) is 12.1 Å². The maximum atomic E-state index is 3.53. The van der Waals surface area contributed by atoms with Gasteiger partial charge in [-0.15, -0.1) is 11.3 Å². The van der Waals surface area contributed by atoms with Crippen molar-refractivity contribution in [1.29, 1.82) is 0 Å². The highest BCUT2D eigenvalue weighted by Gasteiger charge is 2.11. The fraction of sp³-hybridized carbons (Fsp3) is 0.714. The Morgan fingerprint density at radius 1 is 1.18 bits per heavy atom. The minimum atomic E-state index is 0.633. The Bertz CT molecular complexity index is 272. The van der Waals surface area contributed by atoms with E-state index in [4.69, 9.17) is 0 Å². The van der Waals surface area contributed by atoms with E-state index < -0.39 is 0 Å². The average molecular weight is 254 g/mol. The SMILES string of the molecule is CC(C)N(CCNCCc1cccs1)C(C)C. The number of hydrogen-bond donors (Lipinski definition) is 1. The molecule has 0 aliphatic rings. The molecule has 0 unspecified atom stereocenters. The van der Waals surface area contributed by atoms with E-state index in [2.05, 4.69) is 55.4 Å². The molecule has 0 atom stereocenters. The topological polar surface area (TPSA) is 15.3 Å². The van der Waals surface area contributed by atoms with Crippen molar-refractivity contribution in [1.82, 2.24) is 10.2 Å².